The Labute approximate surface area is 125 Å². The van der Waals surface area contributed by atoms with E-state index in [0.717, 1.165) is 18.5 Å². The molecule has 2 rings (SSSR count). The molecule has 0 spiro atoms. The van der Waals surface area contributed by atoms with E-state index in [2.05, 4.69) is 17.3 Å². The zero-order chi connectivity index (χ0) is 15.5. The van der Waals surface area contributed by atoms with Crippen LogP contribution in [0.15, 0.2) is 36.5 Å². The first kappa shape index (κ1) is 15.1. The zero-order valence-corrected chi connectivity index (χ0v) is 12.8. The van der Waals surface area contributed by atoms with Crippen molar-refractivity contribution in [2.75, 3.05) is 5.73 Å². The van der Waals surface area contributed by atoms with Crippen molar-refractivity contribution < 1.29 is 4.79 Å². The molecule has 2 aromatic rings. The number of nitrogens with zero attached hydrogens (tertiary/aromatic N) is 2. The topological polar surface area (TPSA) is 72.9 Å². The van der Waals surface area contributed by atoms with Gasteiger partial charge in [0, 0.05) is 17.4 Å². The highest BCUT2D eigenvalue weighted by atomic mass is 16.2. The average molecular weight is 286 g/mol. The van der Waals surface area contributed by atoms with Crippen LogP contribution in [0.4, 0.5) is 5.69 Å². The van der Waals surface area contributed by atoms with Gasteiger partial charge in [-0.15, -0.1) is 0 Å². The van der Waals surface area contributed by atoms with Crippen molar-refractivity contribution in [3.8, 4) is 5.69 Å². The van der Waals surface area contributed by atoms with Crippen molar-refractivity contribution in [1.29, 1.82) is 0 Å². The van der Waals surface area contributed by atoms with Gasteiger partial charge in [0.1, 0.15) is 0 Å². The Hall–Kier alpha value is -2.30. The van der Waals surface area contributed by atoms with Gasteiger partial charge < -0.3 is 11.1 Å². The number of hydrogen-bond donors (Lipinski definition) is 2. The molecular weight excluding hydrogens is 264 g/mol. The van der Waals surface area contributed by atoms with Crippen LogP contribution in [0, 0.1) is 0 Å². The van der Waals surface area contributed by atoms with Crippen molar-refractivity contribution in [3.63, 3.8) is 0 Å². The molecule has 0 aliphatic rings. The second kappa shape index (κ2) is 5.99. The molecule has 5 heteroatoms. The van der Waals surface area contributed by atoms with Crippen LogP contribution in [-0.4, -0.2) is 21.2 Å². The van der Waals surface area contributed by atoms with Gasteiger partial charge in [0.15, 0.2) is 5.69 Å². The van der Waals surface area contributed by atoms with Gasteiger partial charge >= 0.3 is 0 Å². The molecule has 1 heterocycles. The van der Waals surface area contributed by atoms with Crippen LogP contribution in [0.3, 0.4) is 0 Å². The molecule has 3 N–H and O–H groups in total. The summed E-state index contributed by atoms with van der Waals surface area (Å²) in [6.45, 7) is 6.14. The van der Waals surface area contributed by atoms with Gasteiger partial charge in [0.05, 0.1) is 5.69 Å². The summed E-state index contributed by atoms with van der Waals surface area (Å²) in [5, 5.41) is 7.33. The molecule has 1 aromatic carbocycles. The van der Waals surface area contributed by atoms with Crippen LogP contribution in [-0.2, 0) is 0 Å². The second-order valence-electron chi connectivity index (χ2n) is 5.83. The highest BCUT2D eigenvalue weighted by Crippen LogP contribution is 2.13. The maximum atomic E-state index is 12.2. The van der Waals surface area contributed by atoms with Crippen molar-refractivity contribution >= 4 is 11.6 Å². The van der Waals surface area contributed by atoms with Crippen molar-refractivity contribution in [2.24, 2.45) is 0 Å². The number of aromatic nitrogens is 2. The Morgan fingerprint density at radius 2 is 1.95 bits per heavy atom. The molecule has 0 atom stereocenters. The third kappa shape index (κ3) is 3.84. The quantitative estimate of drug-likeness (QED) is 0.830. The van der Waals surface area contributed by atoms with E-state index in [1.165, 1.54) is 0 Å². The number of nitrogen functional groups attached to an aromatic ring is 1. The SMILES string of the molecule is CCCC(C)(C)NC(=O)c1ccn(-c2ccc(N)cc2)n1. The fraction of sp³-hybridized carbons (Fsp3) is 0.375. The molecule has 0 saturated heterocycles. The van der Waals surface area contributed by atoms with Gasteiger partial charge in [0.2, 0.25) is 0 Å². The summed E-state index contributed by atoms with van der Waals surface area (Å²) in [4.78, 5) is 12.2. The number of rotatable bonds is 5. The number of anilines is 1. The van der Waals surface area contributed by atoms with Crippen molar-refractivity contribution in [1.82, 2.24) is 15.1 Å². The van der Waals surface area contributed by atoms with E-state index in [9.17, 15) is 4.79 Å². The van der Waals surface area contributed by atoms with E-state index in [-0.39, 0.29) is 11.4 Å². The molecule has 1 amide bonds. The lowest BCUT2D eigenvalue weighted by molar-refractivity contribution is 0.0903. The number of hydrogen-bond acceptors (Lipinski definition) is 3. The molecule has 21 heavy (non-hydrogen) atoms. The van der Waals surface area contributed by atoms with E-state index in [1.54, 1.807) is 29.1 Å². The van der Waals surface area contributed by atoms with Gasteiger partial charge in [-0.1, -0.05) is 13.3 Å². The fourth-order valence-corrected chi connectivity index (χ4v) is 2.27. The minimum atomic E-state index is -0.225. The van der Waals surface area contributed by atoms with Crippen LogP contribution < -0.4 is 11.1 Å². The number of carbonyl (C=O) groups is 1. The number of benzene rings is 1. The second-order valence-corrected chi connectivity index (χ2v) is 5.83. The monoisotopic (exact) mass is 286 g/mol. The summed E-state index contributed by atoms with van der Waals surface area (Å²) in [6.07, 6.45) is 3.72. The Balaban J connectivity index is 2.12. The predicted molar refractivity (Wildman–Crippen MR) is 84.4 cm³/mol. The molecule has 1 aromatic heterocycles. The summed E-state index contributed by atoms with van der Waals surface area (Å²) < 4.78 is 1.67. The third-order valence-corrected chi connectivity index (χ3v) is 3.31. The highest BCUT2D eigenvalue weighted by Gasteiger charge is 2.21. The molecule has 0 bridgehead atoms. The van der Waals surface area contributed by atoms with Gasteiger partial charge in [0.25, 0.3) is 5.91 Å². The average Bonchev–Trinajstić information content (AvgIpc) is 2.88. The lowest BCUT2D eigenvalue weighted by Crippen LogP contribution is -2.43. The summed E-state index contributed by atoms with van der Waals surface area (Å²) in [5.41, 5.74) is 7.42. The van der Waals surface area contributed by atoms with Crippen LogP contribution >= 0.6 is 0 Å². The molecule has 0 fully saturated rings. The minimum absolute atomic E-state index is 0.150. The van der Waals surface area contributed by atoms with Crippen molar-refractivity contribution in [2.45, 2.75) is 39.2 Å². The molecular formula is C16H22N4O. The van der Waals surface area contributed by atoms with Gasteiger partial charge in [-0.25, -0.2) is 4.68 Å². The number of amides is 1. The molecule has 0 aliphatic heterocycles. The van der Waals surface area contributed by atoms with E-state index >= 15 is 0 Å². The van der Waals surface area contributed by atoms with Crippen molar-refractivity contribution in [3.05, 3.63) is 42.2 Å². The first-order valence-electron chi connectivity index (χ1n) is 7.15. The maximum Gasteiger partial charge on any atom is 0.272 e. The predicted octanol–water partition coefficient (Wildman–Crippen LogP) is 2.76. The van der Waals surface area contributed by atoms with E-state index in [1.807, 2.05) is 26.0 Å². The summed E-state index contributed by atoms with van der Waals surface area (Å²) >= 11 is 0. The molecule has 0 saturated carbocycles. The normalized spacial score (nSPS) is 11.4. The lowest BCUT2D eigenvalue weighted by atomic mass is 9.99. The summed E-state index contributed by atoms with van der Waals surface area (Å²) in [5.74, 6) is -0.150. The van der Waals surface area contributed by atoms with E-state index in [0.29, 0.717) is 11.4 Å². The molecule has 5 nitrogen and oxygen atoms in total. The number of nitrogens with one attached hydrogen (secondary N) is 1. The lowest BCUT2D eigenvalue weighted by Gasteiger charge is -2.25. The zero-order valence-electron chi connectivity index (χ0n) is 12.8. The Morgan fingerprint density at radius 3 is 2.57 bits per heavy atom. The standard InChI is InChI=1S/C16H22N4O/c1-4-10-16(2,3)18-15(21)14-9-11-20(19-14)13-7-5-12(17)6-8-13/h5-9,11H,4,10,17H2,1-3H3,(H,18,21). The minimum Gasteiger partial charge on any atom is -0.399 e. The third-order valence-electron chi connectivity index (χ3n) is 3.31. The summed E-state index contributed by atoms with van der Waals surface area (Å²) in [6, 6.07) is 9.06. The number of carbonyl (C=O) groups excluding carboxylic acids is 1. The van der Waals surface area contributed by atoms with E-state index in [4.69, 9.17) is 5.73 Å². The molecule has 0 radical (unpaired) electrons. The van der Waals surface area contributed by atoms with Crippen LogP contribution in [0.25, 0.3) is 5.69 Å². The van der Waals surface area contributed by atoms with E-state index < -0.39 is 0 Å². The number of nitrogens with two attached hydrogens (primary N) is 1. The summed E-state index contributed by atoms with van der Waals surface area (Å²) in [7, 11) is 0. The highest BCUT2D eigenvalue weighted by molar-refractivity contribution is 5.92. The Morgan fingerprint density at radius 1 is 1.29 bits per heavy atom. The van der Waals surface area contributed by atoms with Gasteiger partial charge in [-0.05, 0) is 50.6 Å². The van der Waals surface area contributed by atoms with Crippen LogP contribution in [0.5, 0.6) is 0 Å². The first-order chi connectivity index (χ1) is 9.91. The largest absolute Gasteiger partial charge is 0.399 e. The molecule has 0 aliphatic carbocycles. The first-order valence-corrected chi connectivity index (χ1v) is 7.15. The fourth-order valence-electron chi connectivity index (χ4n) is 2.27. The molecule has 0 unspecified atom stereocenters. The van der Waals surface area contributed by atoms with Crippen LogP contribution in [0.2, 0.25) is 0 Å². The van der Waals surface area contributed by atoms with Crippen LogP contribution in [0.1, 0.15) is 44.1 Å². The Kier molecular flexibility index (Phi) is 4.31. The smallest absolute Gasteiger partial charge is 0.272 e. The van der Waals surface area contributed by atoms with Gasteiger partial charge in [-0.2, -0.15) is 5.10 Å². The van der Waals surface area contributed by atoms with Gasteiger partial charge in [-0.3, -0.25) is 4.79 Å². The molecule has 112 valence electrons. The Bertz CT molecular complexity index is 613. The maximum absolute atomic E-state index is 12.2.